The second kappa shape index (κ2) is 6.94. The lowest BCUT2D eigenvalue weighted by Crippen LogP contribution is -2.36. The van der Waals surface area contributed by atoms with Crippen molar-refractivity contribution in [1.29, 1.82) is 0 Å². The van der Waals surface area contributed by atoms with Crippen LogP contribution in [0.1, 0.15) is 26.2 Å². The molecule has 23 heavy (non-hydrogen) atoms. The summed E-state index contributed by atoms with van der Waals surface area (Å²) in [6, 6.07) is 4.84. The maximum atomic E-state index is 12.5. The molecular formula is C15H22N4O3S. The molecule has 7 nitrogen and oxygen atoms in total. The molecule has 1 unspecified atom stereocenters. The summed E-state index contributed by atoms with van der Waals surface area (Å²) in [5, 5.41) is 7.37. The Kier molecular flexibility index (Phi) is 4.93. The average Bonchev–Trinajstić information content (AvgIpc) is 3.03. The Bertz CT molecular complexity index is 759. The van der Waals surface area contributed by atoms with E-state index in [0.29, 0.717) is 18.0 Å². The van der Waals surface area contributed by atoms with E-state index in [2.05, 4.69) is 31.5 Å². The molecule has 126 valence electrons. The second-order valence-electron chi connectivity index (χ2n) is 5.98. The van der Waals surface area contributed by atoms with Gasteiger partial charge in [0.05, 0.1) is 0 Å². The molecule has 8 heteroatoms. The zero-order chi connectivity index (χ0) is 16.3. The van der Waals surface area contributed by atoms with Crippen molar-refractivity contribution >= 4 is 21.1 Å². The van der Waals surface area contributed by atoms with Gasteiger partial charge in [-0.15, -0.1) is 0 Å². The van der Waals surface area contributed by atoms with Gasteiger partial charge in [0, 0.05) is 13.1 Å². The molecular weight excluding hydrogens is 316 g/mol. The lowest BCUT2D eigenvalue weighted by molar-refractivity contribution is 0.177. The van der Waals surface area contributed by atoms with Crippen molar-refractivity contribution < 1.29 is 13.0 Å². The predicted octanol–water partition coefficient (Wildman–Crippen LogP) is 1.62. The number of benzene rings is 1. The fraction of sp³-hybridized carbons (Fsp3) is 0.600. The molecule has 0 aliphatic carbocycles. The number of hydrogen-bond donors (Lipinski definition) is 1. The van der Waals surface area contributed by atoms with Crippen LogP contribution in [0.25, 0.3) is 11.0 Å². The smallest absolute Gasteiger partial charge is 0.242 e. The van der Waals surface area contributed by atoms with Gasteiger partial charge in [-0.25, -0.2) is 17.8 Å². The molecule has 1 aliphatic heterocycles. The van der Waals surface area contributed by atoms with Gasteiger partial charge in [-0.1, -0.05) is 13.0 Å². The summed E-state index contributed by atoms with van der Waals surface area (Å²) in [5.74, 6) is 0.552. The van der Waals surface area contributed by atoms with Crippen molar-refractivity contribution in [2.45, 2.75) is 31.1 Å². The first kappa shape index (κ1) is 16.4. The maximum Gasteiger partial charge on any atom is 0.242 e. The van der Waals surface area contributed by atoms with Crippen molar-refractivity contribution in [2.75, 3.05) is 26.2 Å². The van der Waals surface area contributed by atoms with Gasteiger partial charge in [-0.2, -0.15) is 0 Å². The molecule has 0 bridgehead atoms. The van der Waals surface area contributed by atoms with Gasteiger partial charge in [-0.05, 0) is 60.7 Å². The van der Waals surface area contributed by atoms with E-state index in [1.807, 2.05) is 0 Å². The fourth-order valence-electron chi connectivity index (χ4n) is 3.15. The number of nitrogens with one attached hydrogen (secondary N) is 1. The standard InChI is InChI=1S/C15H22N4O3S/c1-2-19-10-4-5-12(11-19)8-9-16-23(20,21)14-7-3-6-13-15(14)18-22-17-13/h3,6-7,12,16H,2,4-5,8-11H2,1H3. The zero-order valence-corrected chi connectivity index (χ0v) is 14.1. The van der Waals surface area contributed by atoms with Crippen LogP contribution in [0.2, 0.25) is 0 Å². The average molecular weight is 338 g/mol. The molecule has 1 fully saturated rings. The van der Waals surface area contributed by atoms with Crippen LogP contribution < -0.4 is 4.72 Å². The third-order valence-corrected chi connectivity index (χ3v) is 5.93. The van der Waals surface area contributed by atoms with E-state index in [4.69, 9.17) is 0 Å². The topological polar surface area (TPSA) is 88.3 Å². The van der Waals surface area contributed by atoms with Crippen LogP contribution in [0.4, 0.5) is 0 Å². The van der Waals surface area contributed by atoms with Crippen LogP contribution >= 0.6 is 0 Å². The summed E-state index contributed by atoms with van der Waals surface area (Å²) in [5.41, 5.74) is 0.716. The van der Waals surface area contributed by atoms with Crippen molar-refractivity contribution in [2.24, 2.45) is 5.92 Å². The maximum absolute atomic E-state index is 12.5. The van der Waals surface area contributed by atoms with E-state index >= 15 is 0 Å². The van der Waals surface area contributed by atoms with Crippen LogP contribution in [-0.4, -0.2) is 49.8 Å². The van der Waals surface area contributed by atoms with Crippen molar-refractivity contribution in [3.8, 4) is 0 Å². The summed E-state index contributed by atoms with van der Waals surface area (Å²) in [6.07, 6.45) is 3.21. The molecule has 1 N–H and O–H groups in total. The van der Waals surface area contributed by atoms with Crippen LogP contribution in [0.5, 0.6) is 0 Å². The third-order valence-electron chi connectivity index (χ3n) is 4.43. The fourth-order valence-corrected chi connectivity index (χ4v) is 4.34. The molecule has 2 aromatic rings. The normalized spacial score (nSPS) is 20.1. The van der Waals surface area contributed by atoms with Gasteiger partial charge >= 0.3 is 0 Å². The Morgan fingerprint density at radius 1 is 1.39 bits per heavy atom. The predicted molar refractivity (Wildman–Crippen MR) is 86.4 cm³/mol. The van der Waals surface area contributed by atoms with E-state index < -0.39 is 10.0 Å². The summed E-state index contributed by atoms with van der Waals surface area (Å²) in [6.45, 7) is 5.87. The van der Waals surface area contributed by atoms with Crippen LogP contribution in [0.3, 0.4) is 0 Å². The monoisotopic (exact) mass is 338 g/mol. The van der Waals surface area contributed by atoms with Gasteiger partial charge in [-0.3, -0.25) is 0 Å². The molecule has 1 aromatic heterocycles. The van der Waals surface area contributed by atoms with E-state index in [-0.39, 0.29) is 10.4 Å². The Labute approximate surface area is 136 Å². The second-order valence-corrected chi connectivity index (χ2v) is 7.71. The third kappa shape index (κ3) is 3.70. The summed E-state index contributed by atoms with van der Waals surface area (Å²) in [4.78, 5) is 2.54. The van der Waals surface area contributed by atoms with Gasteiger partial charge in [0.25, 0.3) is 0 Å². The molecule has 0 radical (unpaired) electrons. The summed E-state index contributed by atoms with van der Waals surface area (Å²) < 4.78 is 32.3. The molecule has 1 saturated heterocycles. The number of piperidine rings is 1. The largest absolute Gasteiger partial charge is 0.303 e. The van der Waals surface area contributed by atoms with Gasteiger partial charge in [0.15, 0.2) is 5.52 Å². The number of aromatic nitrogens is 2. The van der Waals surface area contributed by atoms with E-state index in [1.54, 1.807) is 12.1 Å². The molecule has 3 rings (SSSR count). The highest BCUT2D eigenvalue weighted by molar-refractivity contribution is 7.89. The SMILES string of the molecule is CCN1CCCC(CCNS(=O)(=O)c2cccc3nonc23)C1. The number of rotatable bonds is 6. The van der Waals surface area contributed by atoms with Crippen LogP contribution in [0.15, 0.2) is 27.7 Å². The molecule has 0 spiro atoms. The minimum atomic E-state index is -3.60. The Morgan fingerprint density at radius 2 is 2.26 bits per heavy atom. The number of likely N-dealkylation sites (tertiary alicyclic amines) is 1. The van der Waals surface area contributed by atoms with Gasteiger partial charge < -0.3 is 4.90 Å². The quantitative estimate of drug-likeness (QED) is 0.861. The van der Waals surface area contributed by atoms with Crippen LogP contribution in [-0.2, 0) is 10.0 Å². The molecule has 0 saturated carbocycles. The molecule has 1 atom stereocenters. The Hall–Kier alpha value is -1.51. The number of nitrogens with zero attached hydrogens (tertiary/aromatic N) is 3. The highest BCUT2D eigenvalue weighted by atomic mass is 32.2. The van der Waals surface area contributed by atoms with Crippen molar-refractivity contribution in [3.63, 3.8) is 0 Å². The lowest BCUT2D eigenvalue weighted by Gasteiger charge is -2.31. The zero-order valence-electron chi connectivity index (χ0n) is 13.2. The van der Waals surface area contributed by atoms with E-state index in [1.165, 1.54) is 18.9 Å². The number of fused-ring (bicyclic) bond motifs is 1. The molecule has 1 aromatic carbocycles. The summed E-state index contributed by atoms with van der Waals surface area (Å²) >= 11 is 0. The molecule has 2 heterocycles. The Morgan fingerprint density at radius 3 is 3.09 bits per heavy atom. The minimum Gasteiger partial charge on any atom is -0.303 e. The van der Waals surface area contributed by atoms with E-state index in [0.717, 1.165) is 26.1 Å². The van der Waals surface area contributed by atoms with Crippen LogP contribution in [0, 0.1) is 5.92 Å². The minimum absolute atomic E-state index is 0.120. The molecule has 0 amide bonds. The first-order chi connectivity index (χ1) is 11.1. The van der Waals surface area contributed by atoms with E-state index in [9.17, 15) is 8.42 Å². The highest BCUT2D eigenvalue weighted by Crippen LogP contribution is 2.21. The first-order valence-corrected chi connectivity index (χ1v) is 9.52. The Balaban J connectivity index is 1.62. The number of sulfonamides is 1. The van der Waals surface area contributed by atoms with Crippen molar-refractivity contribution in [3.05, 3.63) is 18.2 Å². The van der Waals surface area contributed by atoms with Gasteiger partial charge in [0.2, 0.25) is 10.0 Å². The summed E-state index contributed by atoms with van der Waals surface area (Å²) in [7, 11) is -3.60. The highest BCUT2D eigenvalue weighted by Gasteiger charge is 2.22. The molecule has 1 aliphatic rings. The first-order valence-electron chi connectivity index (χ1n) is 8.03. The number of hydrogen-bond acceptors (Lipinski definition) is 6. The lowest BCUT2D eigenvalue weighted by atomic mass is 9.95. The van der Waals surface area contributed by atoms with Gasteiger partial charge in [0.1, 0.15) is 10.4 Å². The van der Waals surface area contributed by atoms with Crippen molar-refractivity contribution in [1.82, 2.24) is 19.9 Å².